The number of nitrogens with one attached hydrogen (secondary N) is 1. The Morgan fingerprint density at radius 2 is 1.90 bits per heavy atom. The van der Waals surface area contributed by atoms with Crippen molar-refractivity contribution in [1.29, 1.82) is 0 Å². The number of nitrogens with two attached hydrogens (primary N) is 2. The lowest BCUT2D eigenvalue weighted by Gasteiger charge is -2.17. The summed E-state index contributed by atoms with van der Waals surface area (Å²) in [6.45, 7) is 3.34. The van der Waals surface area contributed by atoms with E-state index in [2.05, 4.69) is 0 Å². The topological polar surface area (TPSA) is 88.8 Å². The second-order valence-electron chi connectivity index (χ2n) is 4.41. The normalized spacial score (nSPS) is 13.7. The van der Waals surface area contributed by atoms with Gasteiger partial charge in [-0.1, -0.05) is 23.2 Å². The van der Waals surface area contributed by atoms with Crippen molar-refractivity contribution in [1.82, 2.24) is 5.32 Å². The molecule has 0 bridgehead atoms. The van der Waals surface area contributed by atoms with E-state index in [1.807, 2.05) is 5.32 Å². The van der Waals surface area contributed by atoms with Crippen molar-refractivity contribution in [3.63, 3.8) is 0 Å². The Hall–Kier alpha value is -1.37. The highest BCUT2D eigenvalue weighted by atomic mass is 35.5. The van der Waals surface area contributed by atoms with Crippen molar-refractivity contribution in [3.8, 4) is 0 Å². The molecular weight excluding hydrogens is 308 g/mol. The van der Waals surface area contributed by atoms with E-state index in [1.54, 1.807) is 19.2 Å². The number of hydrogen-bond donors (Lipinski definition) is 3. The fraction of sp³-hybridized carbons (Fsp3) is 0.333. The van der Waals surface area contributed by atoms with Gasteiger partial charge in [-0.25, -0.2) is 9.18 Å². The average molecular weight is 323 g/mol. The summed E-state index contributed by atoms with van der Waals surface area (Å²) in [7, 11) is 0. The van der Waals surface area contributed by atoms with Crippen molar-refractivity contribution in [2.75, 3.05) is 0 Å². The van der Waals surface area contributed by atoms with Crippen molar-refractivity contribution < 1.29 is 19.3 Å². The van der Waals surface area contributed by atoms with E-state index in [4.69, 9.17) is 28.9 Å². The van der Waals surface area contributed by atoms with Gasteiger partial charge in [-0.2, -0.15) is 0 Å². The zero-order chi connectivity index (χ0) is 15.4. The fourth-order valence-corrected chi connectivity index (χ4v) is 2.30. The number of halogens is 3. The molecule has 20 heavy (non-hydrogen) atoms. The molecule has 0 aromatic heterocycles. The van der Waals surface area contributed by atoms with Crippen LogP contribution in [0.15, 0.2) is 12.1 Å². The second-order valence-corrected chi connectivity index (χ2v) is 5.23. The monoisotopic (exact) mass is 322 g/mol. The molecule has 1 rings (SSSR count). The van der Waals surface area contributed by atoms with Gasteiger partial charge in [-0.05, 0) is 26.0 Å². The number of carbonyl (C=O) groups is 2. The summed E-state index contributed by atoms with van der Waals surface area (Å²) in [6.07, 6.45) is 0. The number of imide groups is 1. The number of carbonyl (C=O) groups excluding carboxylic acids is 2. The first-order valence-corrected chi connectivity index (χ1v) is 6.57. The molecular formula is C12H15Cl2FN3O2+. The summed E-state index contributed by atoms with van der Waals surface area (Å²) >= 11 is 11.6. The van der Waals surface area contributed by atoms with E-state index >= 15 is 0 Å². The molecule has 8 heteroatoms. The standard InChI is InChI=1S/C12H14Cl2FN3O2/c1-5(17-6(2)11(19)18-12(16)20)7-3-10(15)9(14)4-8(7)13/h3-6,17H,1-2H3,(H3,16,18,19,20)/p+1/t5-,6+/m1/s1. The quantitative estimate of drug-likeness (QED) is 0.730. The average Bonchev–Trinajstić information content (AvgIpc) is 2.32. The van der Waals surface area contributed by atoms with E-state index in [1.165, 1.54) is 12.1 Å². The van der Waals surface area contributed by atoms with Crippen LogP contribution in [-0.2, 0) is 4.79 Å². The number of urea groups is 1. The lowest BCUT2D eigenvalue weighted by atomic mass is 10.1. The van der Waals surface area contributed by atoms with Crippen LogP contribution in [-0.4, -0.2) is 18.0 Å². The molecule has 0 heterocycles. The largest absolute Gasteiger partial charge is 0.351 e. The van der Waals surface area contributed by atoms with Crippen LogP contribution in [0.3, 0.4) is 0 Å². The molecule has 2 atom stereocenters. The molecule has 0 saturated carbocycles. The summed E-state index contributed by atoms with van der Waals surface area (Å²) in [4.78, 5) is 22.2. The lowest BCUT2D eigenvalue weighted by molar-refractivity contribution is -0.710. The highest BCUT2D eigenvalue weighted by Gasteiger charge is 2.23. The Morgan fingerprint density at radius 3 is 2.45 bits per heavy atom. The SMILES string of the molecule is C[C@H]([NH2+][C@H](C)c1cc(F)c(Cl)cc1Cl)C(=O)NC(N)=O. The smallest absolute Gasteiger partial charge is 0.319 e. The van der Waals surface area contributed by atoms with Gasteiger partial charge >= 0.3 is 6.03 Å². The first-order chi connectivity index (χ1) is 9.22. The Morgan fingerprint density at radius 1 is 1.30 bits per heavy atom. The summed E-state index contributed by atoms with van der Waals surface area (Å²) in [5.74, 6) is -1.12. The molecule has 0 aliphatic carbocycles. The maximum Gasteiger partial charge on any atom is 0.319 e. The van der Waals surface area contributed by atoms with E-state index < -0.39 is 23.8 Å². The third-order valence-corrected chi connectivity index (χ3v) is 3.38. The number of benzene rings is 1. The van der Waals surface area contributed by atoms with Gasteiger partial charge in [0.1, 0.15) is 11.9 Å². The minimum Gasteiger partial charge on any atom is -0.351 e. The predicted molar refractivity (Wildman–Crippen MR) is 73.9 cm³/mol. The van der Waals surface area contributed by atoms with Gasteiger partial charge in [-0.3, -0.25) is 10.1 Å². The highest BCUT2D eigenvalue weighted by Crippen LogP contribution is 2.27. The second kappa shape index (κ2) is 6.88. The molecule has 0 aliphatic rings. The van der Waals surface area contributed by atoms with Crippen molar-refractivity contribution in [2.24, 2.45) is 5.73 Å². The maximum atomic E-state index is 13.4. The Labute approximate surface area is 125 Å². The fourth-order valence-electron chi connectivity index (χ4n) is 1.75. The first kappa shape index (κ1) is 16.7. The van der Waals surface area contributed by atoms with E-state index in [0.29, 0.717) is 10.6 Å². The molecule has 110 valence electrons. The number of hydrogen-bond acceptors (Lipinski definition) is 2. The van der Waals surface area contributed by atoms with Gasteiger partial charge in [0.2, 0.25) is 0 Å². The predicted octanol–water partition coefficient (Wildman–Crippen LogP) is 1.34. The van der Waals surface area contributed by atoms with Gasteiger partial charge in [0.25, 0.3) is 5.91 Å². The van der Waals surface area contributed by atoms with Crippen LogP contribution < -0.4 is 16.4 Å². The first-order valence-electron chi connectivity index (χ1n) is 5.82. The van der Waals surface area contributed by atoms with Crippen LogP contribution in [0, 0.1) is 5.82 Å². The zero-order valence-corrected chi connectivity index (χ0v) is 12.4. The Bertz CT molecular complexity index is 540. The molecule has 0 radical (unpaired) electrons. The number of primary amides is 1. The van der Waals surface area contributed by atoms with Crippen molar-refractivity contribution in [2.45, 2.75) is 25.9 Å². The van der Waals surface area contributed by atoms with Gasteiger partial charge < -0.3 is 11.1 Å². The van der Waals surface area contributed by atoms with Crippen LogP contribution in [0.1, 0.15) is 25.5 Å². The third kappa shape index (κ3) is 4.33. The van der Waals surface area contributed by atoms with E-state index in [-0.39, 0.29) is 11.1 Å². The minimum atomic E-state index is -0.918. The van der Waals surface area contributed by atoms with E-state index in [9.17, 15) is 14.0 Å². The van der Waals surface area contributed by atoms with Crippen LogP contribution >= 0.6 is 23.2 Å². The molecule has 0 spiro atoms. The Balaban J connectivity index is 2.81. The number of quaternary nitrogens is 1. The molecule has 0 saturated heterocycles. The third-order valence-electron chi connectivity index (χ3n) is 2.77. The van der Waals surface area contributed by atoms with Crippen LogP contribution in [0.4, 0.5) is 9.18 Å². The molecule has 5 N–H and O–H groups in total. The summed E-state index contributed by atoms with van der Waals surface area (Å²) in [6, 6.07) is 0.727. The Kier molecular flexibility index (Phi) is 5.74. The van der Waals surface area contributed by atoms with Gasteiger partial charge in [0.05, 0.1) is 10.0 Å². The van der Waals surface area contributed by atoms with Gasteiger partial charge in [0.15, 0.2) is 6.04 Å². The molecule has 1 aromatic carbocycles. The zero-order valence-electron chi connectivity index (χ0n) is 10.9. The molecule has 1 aromatic rings. The molecule has 5 nitrogen and oxygen atoms in total. The lowest BCUT2D eigenvalue weighted by Crippen LogP contribution is -2.92. The van der Waals surface area contributed by atoms with E-state index in [0.717, 1.165) is 0 Å². The summed E-state index contributed by atoms with van der Waals surface area (Å²) < 4.78 is 13.4. The summed E-state index contributed by atoms with van der Waals surface area (Å²) in [5, 5.41) is 3.85. The minimum absolute atomic E-state index is 0.0644. The molecule has 0 fully saturated rings. The van der Waals surface area contributed by atoms with Gasteiger partial charge in [-0.15, -0.1) is 0 Å². The molecule has 3 amide bonds. The highest BCUT2D eigenvalue weighted by molar-refractivity contribution is 6.35. The van der Waals surface area contributed by atoms with Crippen LogP contribution in [0.5, 0.6) is 0 Å². The number of rotatable bonds is 4. The van der Waals surface area contributed by atoms with Crippen molar-refractivity contribution >= 4 is 35.1 Å². The molecule has 0 unspecified atom stereocenters. The van der Waals surface area contributed by atoms with Crippen molar-refractivity contribution in [3.05, 3.63) is 33.6 Å². The number of amides is 3. The summed E-state index contributed by atoms with van der Waals surface area (Å²) in [5.41, 5.74) is 5.37. The van der Waals surface area contributed by atoms with Crippen LogP contribution in [0.2, 0.25) is 10.0 Å². The maximum absolute atomic E-state index is 13.4. The molecule has 0 aliphatic heterocycles. The van der Waals surface area contributed by atoms with Gasteiger partial charge in [0, 0.05) is 5.56 Å². The van der Waals surface area contributed by atoms with Crippen LogP contribution in [0.25, 0.3) is 0 Å².